The highest BCUT2D eigenvalue weighted by Crippen LogP contribution is 2.27. The molecule has 1 heterocycles. The maximum Gasteiger partial charge on any atom is 0.257 e. The number of thiophene rings is 1. The van der Waals surface area contributed by atoms with Crippen LogP contribution in [0.3, 0.4) is 0 Å². The lowest BCUT2D eigenvalue weighted by atomic mass is 10.1. The Morgan fingerprint density at radius 2 is 2.00 bits per heavy atom. The second-order valence-corrected chi connectivity index (χ2v) is 6.10. The van der Waals surface area contributed by atoms with Crippen molar-refractivity contribution in [2.24, 2.45) is 0 Å². The number of hydrogen-bond donors (Lipinski definition) is 2. The van der Waals surface area contributed by atoms with Crippen LogP contribution in [0.15, 0.2) is 52.3 Å². The number of amides is 1. The van der Waals surface area contributed by atoms with Crippen LogP contribution in [-0.2, 0) is 0 Å². The third-order valence-corrected chi connectivity index (χ3v) is 4.63. The molecule has 1 amide bonds. The van der Waals surface area contributed by atoms with Crippen molar-refractivity contribution in [2.75, 3.05) is 11.1 Å². The minimum Gasteiger partial charge on any atom is -0.398 e. The Balaban J connectivity index is 1.91. The van der Waals surface area contributed by atoms with E-state index >= 15 is 0 Å². The van der Waals surface area contributed by atoms with Crippen molar-refractivity contribution >= 4 is 54.6 Å². The van der Waals surface area contributed by atoms with Gasteiger partial charge in [0.2, 0.25) is 0 Å². The van der Waals surface area contributed by atoms with Crippen molar-refractivity contribution in [1.29, 1.82) is 0 Å². The molecule has 0 aliphatic carbocycles. The Morgan fingerprint density at radius 1 is 1.20 bits per heavy atom. The molecule has 0 aliphatic rings. The zero-order valence-electron chi connectivity index (χ0n) is 10.4. The van der Waals surface area contributed by atoms with E-state index in [0.29, 0.717) is 16.9 Å². The van der Waals surface area contributed by atoms with Gasteiger partial charge in [0.25, 0.3) is 5.91 Å². The molecule has 0 saturated carbocycles. The number of nitrogen functional groups attached to an aromatic ring is 1. The fourth-order valence-corrected chi connectivity index (χ4v) is 3.28. The van der Waals surface area contributed by atoms with Crippen LogP contribution in [0.4, 0.5) is 11.4 Å². The third-order valence-electron chi connectivity index (χ3n) is 2.98. The number of anilines is 2. The zero-order valence-corrected chi connectivity index (χ0v) is 12.8. The highest BCUT2D eigenvalue weighted by molar-refractivity contribution is 9.10. The molecule has 0 saturated heterocycles. The first-order valence-electron chi connectivity index (χ1n) is 5.98. The molecule has 3 nitrogen and oxygen atoms in total. The standard InChI is InChI=1S/C15H11BrN2OS/c16-12-7-9(5-6-13(12)17)18-15(19)11-8-20-14-4-2-1-3-10(11)14/h1-8H,17H2,(H,18,19). The summed E-state index contributed by atoms with van der Waals surface area (Å²) < 4.78 is 1.88. The Morgan fingerprint density at radius 3 is 2.80 bits per heavy atom. The molecule has 3 rings (SSSR count). The number of halogens is 1. The van der Waals surface area contributed by atoms with Crippen molar-refractivity contribution in [1.82, 2.24) is 0 Å². The predicted octanol–water partition coefficient (Wildman–Crippen LogP) is 4.50. The molecule has 0 bridgehead atoms. The van der Waals surface area contributed by atoms with E-state index in [-0.39, 0.29) is 5.91 Å². The first kappa shape index (κ1) is 13.1. The Hall–Kier alpha value is -1.85. The normalized spacial score (nSPS) is 10.7. The van der Waals surface area contributed by atoms with E-state index in [0.717, 1.165) is 14.6 Å². The summed E-state index contributed by atoms with van der Waals surface area (Å²) in [6, 6.07) is 13.2. The molecular weight excluding hydrogens is 336 g/mol. The van der Waals surface area contributed by atoms with Gasteiger partial charge in [-0.3, -0.25) is 4.79 Å². The number of carbonyl (C=O) groups is 1. The third kappa shape index (κ3) is 2.42. The Bertz CT molecular complexity index is 797. The summed E-state index contributed by atoms with van der Waals surface area (Å²) in [5.41, 5.74) is 7.78. The van der Waals surface area contributed by atoms with Gasteiger partial charge >= 0.3 is 0 Å². The molecule has 20 heavy (non-hydrogen) atoms. The molecule has 0 radical (unpaired) electrons. The van der Waals surface area contributed by atoms with Crippen molar-refractivity contribution in [2.45, 2.75) is 0 Å². The average molecular weight is 347 g/mol. The van der Waals surface area contributed by atoms with Crippen LogP contribution in [-0.4, -0.2) is 5.91 Å². The second kappa shape index (κ2) is 5.26. The SMILES string of the molecule is Nc1ccc(NC(=O)c2csc3ccccc23)cc1Br. The highest BCUT2D eigenvalue weighted by atomic mass is 79.9. The van der Waals surface area contributed by atoms with Crippen LogP contribution in [0.1, 0.15) is 10.4 Å². The molecule has 0 atom stereocenters. The molecule has 0 unspecified atom stereocenters. The number of hydrogen-bond acceptors (Lipinski definition) is 3. The van der Waals surface area contributed by atoms with E-state index in [2.05, 4.69) is 21.2 Å². The van der Waals surface area contributed by atoms with Crippen LogP contribution in [0.5, 0.6) is 0 Å². The van der Waals surface area contributed by atoms with Gasteiger partial charge in [-0.2, -0.15) is 0 Å². The Kier molecular flexibility index (Phi) is 3.46. The summed E-state index contributed by atoms with van der Waals surface area (Å²) in [7, 11) is 0. The molecule has 100 valence electrons. The molecule has 1 aromatic heterocycles. The summed E-state index contributed by atoms with van der Waals surface area (Å²) in [4.78, 5) is 12.3. The predicted molar refractivity (Wildman–Crippen MR) is 88.3 cm³/mol. The largest absolute Gasteiger partial charge is 0.398 e. The summed E-state index contributed by atoms with van der Waals surface area (Å²) in [5.74, 6) is -0.112. The molecule has 0 spiro atoms. The maximum atomic E-state index is 12.3. The smallest absolute Gasteiger partial charge is 0.257 e. The molecule has 3 aromatic rings. The number of fused-ring (bicyclic) bond motifs is 1. The summed E-state index contributed by atoms with van der Waals surface area (Å²) >= 11 is 4.92. The van der Waals surface area contributed by atoms with Gasteiger partial charge in [0.1, 0.15) is 0 Å². The molecule has 5 heteroatoms. The second-order valence-electron chi connectivity index (χ2n) is 4.34. The molecule has 3 N–H and O–H groups in total. The highest BCUT2D eigenvalue weighted by Gasteiger charge is 2.12. The van der Waals surface area contributed by atoms with Crippen LogP contribution in [0.2, 0.25) is 0 Å². The number of benzene rings is 2. The van der Waals surface area contributed by atoms with Crippen LogP contribution < -0.4 is 11.1 Å². The van der Waals surface area contributed by atoms with Crippen molar-refractivity contribution < 1.29 is 4.79 Å². The summed E-state index contributed by atoms with van der Waals surface area (Å²) in [6.45, 7) is 0. The minimum atomic E-state index is -0.112. The van der Waals surface area contributed by atoms with E-state index in [4.69, 9.17) is 5.73 Å². The summed E-state index contributed by atoms with van der Waals surface area (Å²) in [6.07, 6.45) is 0. The molecule has 0 aliphatic heterocycles. The van der Waals surface area contributed by atoms with E-state index in [1.807, 2.05) is 29.6 Å². The fourth-order valence-electron chi connectivity index (χ4n) is 1.96. The first-order valence-corrected chi connectivity index (χ1v) is 7.65. The average Bonchev–Trinajstić information content (AvgIpc) is 2.87. The number of nitrogens with one attached hydrogen (secondary N) is 1. The van der Waals surface area contributed by atoms with Crippen LogP contribution in [0.25, 0.3) is 10.1 Å². The fraction of sp³-hybridized carbons (Fsp3) is 0. The van der Waals surface area contributed by atoms with Crippen LogP contribution in [0, 0.1) is 0 Å². The number of nitrogens with two attached hydrogens (primary N) is 1. The van der Waals surface area contributed by atoms with Gasteiger partial charge in [-0.15, -0.1) is 11.3 Å². The number of rotatable bonds is 2. The van der Waals surface area contributed by atoms with Gasteiger partial charge < -0.3 is 11.1 Å². The lowest BCUT2D eigenvalue weighted by Gasteiger charge is -2.06. The topological polar surface area (TPSA) is 55.1 Å². The van der Waals surface area contributed by atoms with Crippen molar-refractivity contribution in [3.05, 3.63) is 57.9 Å². The quantitative estimate of drug-likeness (QED) is 0.671. The van der Waals surface area contributed by atoms with Crippen molar-refractivity contribution in [3.8, 4) is 0 Å². The molecule has 0 fully saturated rings. The van der Waals surface area contributed by atoms with E-state index in [1.165, 1.54) is 0 Å². The maximum absolute atomic E-state index is 12.3. The van der Waals surface area contributed by atoms with E-state index in [9.17, 15) is 4.79 Å². The zero-order chi connectivity index (χ0) is 14.1. The van der Waals surface area contributed by atoms with Gasteiger partial charge in [0.15, 0.2) is 0 Å². The lowest BCUT2D eigenvalue weighted by molar-refractivity contribution is 0.102. The van der Waals surface area contributed by atoms with E-state index in [1.54, 1.807) is 29.5 Å². The van der Waals surface area contributed by atoms with Gasteiger partial charge in [-0.05, 0) is 40.2 Å². The minimum absolute atomic E-state index is 0.112. The Labute approximate surface area is 128 Å². The lowest BCUT2D eigenvalue weighted by Crippen LogP contribution is -2.11. The van der Waals surface area contributed by atoms with Gasteiger partial charge in [0, 0.05) is 31.3 Å². The first-order chi connectivity index (χ1) is 9.65. The van der Waals surface area contributed by atoms with Gasteiger partial charge in [-0.25, -0.2) is 0 Å². The number of carbonyl (C=O) groups excluding carboxylic acids is 1. The summed E-state index contributed by atoms with van der Waals surface area (Å²) in [5, 5.41) is 5.74. The monoisotopic (exact) mass is 346 g/mol. The molecule has 2 aromatic carbocycles. The molecular formula is C15H11BrN2OS. The van der Waals surface area contributed by atoms with Gasteiger partial charge in [0.05, 0.1) is 5.56 Å². The van der Waals surface area contributed by atoms with Crippen LogP contribution >= 0.6 is 27.3 Å². The van der Waals surface area contributed by atoms with Crippen molar-refractivity contribution in [3.63, 3.8) is 0 Å². The van der Waals surface area contributed by atoms with Gasteiger partial charge in [-0.1, -0.05) is 18.2 Å². The van der Waals surface area contributed by atoms with E-state index < -0.39 is 0 Å².